The molecule has 0 unspecified atom stereocenters. The van der Waals surface area contributed by atoms with Crippen molar-refractivity contribution in [3.8, 4) is 11.5 Å². The topological polar surface area (TPSA) is 67.5 Å². The lowest BCUT2D eigenvalue weighted by Crippen LogP contribution is -2.24. The molecule has 6 nitrogen and oxygen atoms in total. The van der Waals surface area contributed by atoms with Gasteiger partial charge >= 0.3 is 0 Å². The molecule has 0 spiro atoms. The summed E-state index contributed by atoms with van der Waals surface area (Å²) in [6.07, 6.45) is 0.809. The first-order valence-electron chi connectivity index (χ1n) is 10.1. The van der Waals surface area contributed by atoms with Gasteiger partial charge in [-0.25, -0.2) is 4.98 Å². The number of aromatic amines is 1. The maximum absolute atomic E-state index is 11.2. The number of aromatic nitrogens is 2. The highest BCUT2D eigenvalue weighted by atomic mass is 16.5. The first kappa shape index (κ1) is 20.5. The Morgan fingerprint density at radius 2 is 1.45 bits per heavy atom. The number of anilines is 1. The van der Waals surface area contributed by atoms with Crippen LogP contribution in [0.4, 0.5) is 5.82 Å². The minimum absolute atomic E-state index is 0.524. The van der Waals surface area contributed by atoms with Crippen LogP contribution in [0, 0.1) is 6.92 Å². The lowest BCUT2D eigenvalue weighted by Gasteiger charge is -2.26. The zero-order valence-corrected chi connectivity index (χ0v) is 17.9. The number of pyridine rings is 1. The van der Waals surface area contributed by atoms with Gasteiger partial charge in [0.15, 0.2) is 6.29 Å². The molecule has 0 aliphatic heterocycles. The van der Waals surface area contributed by atoms with Gasteiger partial charge < -0.3 is 19.4 Å². The monoisotopic (exact) mass is 415 g/mol. The van der Waals surface area contributed by atoms with Gasteiger partial charge in [0.2, 0.25) is 0 Å². The molecule has 2 aromatic heterocycles. The molecule has 0 aliphatic carbocycles. The number of H-pyrrole nitrogens is 1. The first-order chi connectivity index (χ1) is 15.1. The van der Waals surface area contributed by atoms with E-state index in [1.165, 1.54) is 0 Å². The highest BCUT2D eigenvalue weighted by Crippen LogP contribution is 2.27. The summed E-state index contributed by atoms with van der Waals surface area (Å²) in [7, 11) is 3.33. The fourth-order valence-electron chi connectivity index (χ4n) is 3.66. The summed E-state index contributed by atoms with van der Waals surface area (Å²) in [4.78, 5) is 21.4. The van der Waals surface area contributed by atoms with E-state index >= 15 is 0 Å². The van der Waals surface area contributed by atoms with Crippen LogP contribution in [0.2, 0.25) is 0 Å². The maximum Gasteiger partial charge on any atom is 0.166 e. The normalized spacial score (nSPS) is 10.8. The Labute approximate surface area is 181 Å². The number of nitrogens with zero attached hydrogens (tertiary/aromatic N) is 2. The molecular formula is C25H25N3O3. The van der Waals surface area contributed by atoms with E-state index in [0.717, 1.165) is 51.3 Å². The second kappa shape index (κ2) is 8.92. The van der Waals surface area contributed by atoms with Crippen LogP contribution in [-0.2, 0) is 13.1 Å². The van der Waals surface area contributed by atoms with Crippen LogP contribution in [0.5, 0.6) is 11.5 Å². The largest absolute Gasteiger partial charge is 0.497 e. The summed E-state index contributed by atoms with van der Waals surface area (Å²) in [5.74, 6) is 2.54. The van der Waals surface area contributed by atoms with Crippen molar-refractivity contribution in [1.29, 1.82) is 0 Å². The molecule has 1 N–H and O–H groups in total. The van der Waals surface area contributed by atoms with E-state index in [9.17, 15) is 4.79 Å². The number of hydrogen-bond donors (Lipinski definition) is 1. The van der Waals surface area contributed by atoms with Crippen LogP contribution >= 0.6 is 0 Å². The molecule has 4 rings (SSSR count). The molecular weight excluding hydrogens is 390 g/mol. The van der Waals surface area contributed by atoms with Crippen molar-refractivity contribution in [2.45, 2.75) is 20.0 Å². The van der Waals surface area contributed by atoms with E-state index in [0.29, 0.717) is 18.8 Å². The van der Waals surface area contributed by atoms with Crippen molar-refractivity contribution in [2.75, 3.05) is 19.1 Å². The third-order valence-corrected chi connectivity index (χ3v) is 5.28. The van der Waals surface area contributed by atoms with Crippen LogP contribution in [-0.4, -0.2) is 30.5 Å². The van der Waals surface area contributed by atoms with Gasteiger partial charge in [0.05, 0.1) is 30.9 Å². The summed E-state index contributed by atoms with van der Waals surface area (Å²) in [6, 6.07) is 19.9. The quantitative estimate of drug-likeness (QED) is 0.414. The molecule has 0 saturated carbocycles. The number of nitrogens with one attached hydrogen (secondary N) is 1. The van der Waals surface area contributed by atoms with Crippen LogP contribution in [0.3, 0.4) is 0 Å². The molecule has 2 aromatic carbocycles. The summed E-state index contributed by atoms with van der Waals surface area (Å²) in [5.41, 5.74) is 5.50. The van der Waals surface area contributed by atoms with Crippen molar-refractivity contribution in [3.63, 3.8) is 0 Å². The van der Waals surface area contributed by atoms with E-state index < -0.39 is 0 Å². The third-order valence-electron chi connectivity index (χ3n) is 5.28. The number of fused-ring (bicyclic) bond motifs is 1. The van der Waals surface area contributed by atoms with Gasteiger partial charge in [0, 0.05) is 13.1 Å². The number of hydrogen-bond acceptors (Lipinski definition) is 5. The molecule has 0 bridgehead atoms. The van der Waals surface area contributed by atoms with E-state index in [4.69, 9.17) is 14.5 Å². The predicted octanol–water partition coefficient (Wildman–Crippen LogP) is 4.91. The molecule has 2 heterocycles. The first-order valence-corrected chi connectivity index (χ1v) is 10.1. The van der Waals surface area contributed by atoms with Crippen LogP contribution in [0.1, 0.15) is 27.2 Å². The van der Waals surface area contributed by atoms with Crippen molar-refractivity contribution >= 4 is 23.1 Å². The van der Waals surface area contributed by atoms with Gasteiger partial charge in [-0.15, -0.1) is 0 Å². The van der Waals surface area contributed by atoms with Crippen LogP contribution in [0.25, 0.3) is 11.0 Å². The second-order valence-electron chi connectivity index (χ2n) is 7.46. The van der Waals surface area contributed by atoms with Crippen molar-refractivity contribution in [1.82, 2.24) is 9.97 Å². The zero-order chi connectivity index (χ0) is 21.8. The highest BCUT2D eigenvalue weighted by Gasteiger charge is 2.15. The molecule has 0 saturated heterocycles. The minimum Gasteiger partial charge on any atom is -0.497 e. The number of carbonyl (C=O) groups is 1. The maximum atomic E-state index is 11.2. The summed E-state index contributed by atoms with van der Waals surface area (Å²) in [5, 5.41) is 0. The number of ether oxygens (including phenoxy) is 2. The van der Waals surface area contributed by atoms with E-state index in [1.54, 1.807) is 20.3 Å². The summed E-state index contributed by atoms with van der Waals surface area (Å²) in [6.45, 7) is 3.40. The molecule has 31 heavy (non-hydrogen) atoms. The number of methoxy groups -OCH3 is 2. The van der Waals surface area contributed by atoms with E-state index in [2.05, 4.69) is 34.1 Å². The van der Waals surface area contributed by atoms with Crippen molar-refractivity contribution < 1.29 is 14.3 Å². The van der Waals surface area contributed by atoms with Crippen LogP contribution < -0.4 is 14.4 Å². The Morgan fingerprint density at radius 1 is 0.903 bits per heavy atom. The Bertz CT molecular complexity index is 1130. The van der Waals surface area contributed by atoms with Gasteiger partial charge in [-0.3, -0.25) is 4.79 Å². The second-order valence-corrected chi connectivity index (χ2v) is 7.46. The summed E-state index contributed by atoms with van der Waals surface area (Å²) >= 11 is 0. The fourth-order valence-corrected chi connectivity index (χ4v) is 3.66. The van der Waals surface area contributed by atoms with Crippen molar-refractivity contribution in [2.24, 2.45) is 0 Å². The highest BCUT2D eigenvalue weighted by molar-refractivity contribution is 5.87. The van der Waals surface area contributed by atoms with E-state index in [1.807, 2.05) is 37.3 Å². The summed E-state index contributed by atoms with van der Waals surface area (Å²) < 4.78 is 10.6. The molecule has 0 radical (unpaired) electrons. The molecule has 0 aliphatic rings. The molecule has 158 valence electrons. The number of aldehydes is 1. The number of benzene rings is 2. The smallest absolute Gasteiger partial charge is 0.166 e. The Hall–Kier alpha value is -3.80. The van der Waals surface area contributed by atoms with Gasteiger partial charge in [-0.2, -0.15) is 0 Å². The zero-order valence-electron chi connectivity index (χ0n) is 17.9. The third kappa shape index (κ3) is 4.53. The van der Waals surface area contributed by atoms with Gasteiger partial charge in [-0.1, -0.05) is 24.3 Å². The minimum atomic E-state index is 0.524. The predicted molar refractivity (Wildman–Crippen MR) is 122 cm³/mol. The lowest BCUT2D eigenvalue weighted by molar-refractivity contribution is 0.111. The number of rotatable bonds is 8. The SMILES string of the molecule is COc1ccc(CN(Cc2ccc(OC)cc2)c2nc3cc(C=O)[nH]c3cc2C)cc1. The Balaban J connectivity index is 1.71. The van der Waals surface area contributed by atoms with Crippen LogP contribution in [0.15, 0.2) is 60.7 Å². The fraction of sp³-hybridized carbons (Fsp3) is 0.200. The number of aryl methyl sites for hydroxylation is 1. The van der Waals surface area contributed by atoms with Gasteiger partial charge in [0.1, 0.15) is 17.3 Å². The average molecular weight is 415 g/mol. The molecule has 0 atom stereocenters. The molecule has 0 fully saturated rings. The molecule has 0 amide bonds. The molecule has 4 aromatic rings. The van der Waals surface area contributed by atoms with Crippen molar-refractivity contribution in [3.05, 3.63) is 83.0 Å². The lowest BCUT2D eigenvalue weighted by atomic mass is 10.1. The number of carbonyl (C=O) groups excluding carboxylic acids is 1. The van der Waals surface area contributed by atoms with E-state index in [-0.39, 0.29) is 0 Å². The van der Waals surface area contributed by atoms with Gasteiger partial charge in [-0.05, 0) is 60.0 Å². The molecule has 6 heteroatoms. The Kier molecular flexibility index (Phi) is 5.89. The standard InChI is InChI=1S/C25H25N3O3/c1-17-12-23-24(13-20(16-29)26-23)27-25(17)28(14-18-4-8-21(30-2)9-5-18)15-19-6-10-22(31-3)11-7-19/h4-13,16,26H,14-15H2,1-3H3. The average Bonchev–Trinajstić information content (AvgIpc) is 3.21. The van der Waals surface area contributed by atoms with Gasteiger partial charge in [0.25, 0.3) is 0 Å². The Morgan fingerprint density at radius 3 is 1.94 bits per heavy atom.